The molecule has 0 bridgehead atoms. The van der Waals surface area contributed by atoms with Gasteiger partial charge in [0.2, 0.25) is 0 Å². The fraction of sp³-hybridized carbons (Fsp3) is 0.600. The van der Waals surface area contributed by atoms with Gasteiger partial charge < -0.3 is 0 Å². The maximum Gasteiger partial charge on any atom is 0.154 e. The summed E-state index contributed by atoms with van der Waals surface area (Å²) in [4.78, 5) is 0.819. The highest BCUT2D eigenvalue weighted by Crippen LogP contribution is 2.42. The van der Waals surface area contributed by atoms with Crippen molar-refractivity contribution in [3.63, 3.8) is 0 Å². The van der Waals surface area contributed by atoms with Crippen LogP contribution in [0.4, 0.5) is 0 Å². The SMILES string of the molecule is O=S1(=O)CCCCC1C(Cl)c1cc(Cl)c(Br)s1. The first kappa shape index (κ1) is 14.1. The molecular weight excluding hydrogens is 367 g/mol. The lowest BCUT2D eigenvalue weighted by molar-refractivity contribution is 0.535. The Balaban J connectivity index is 2.27. The third-order valence-corrected chi connectivity index (χ3v) is 8.56. The average Bonchev–Trinajstić information content (AvgIpc) is 2.58. The smallest absolute Gasteiger partial charge is 0.154 e. The van der Waals surface area contributed by atoms with E-state index in [1.807, 2.05) is 0 Å². The van der Waals surface area contributed by atoms with E-state index in [1.165, 1.54) is 11.3 Å². The van der Waals surface area contributed by atoms with Crippen LogP contribution in [0.2, 0.25) is 5.02 Å². The molecule has 2 heterocycles. The molecule has 1 fully saturated rings. The van der Waals surface area contributed by atoms with Gasteiger partial charge in [-0.2, -0.15) is 0 Å². The summed E-state index contributed by atoms with van der Waals surface area (Å²) in [5, 5.41) is -0.377. The van der Waals surface area contributed by atoms with Crippen LogP contribution in [-0.4, -0.2) is 19.4 Å². The zero-order valence-electron chi connectivity index (χ0n) is 8.83. The zero-order valence-corrected chi connectivity index (χ0v) is 13.6. The van der Waals surface area contributed by atoms with Crippen molar-refractivity contribution in [3.8, 4) is 0 Å². The maximum absolute atomic E-state index is 12.0. The van der Waals surface area contributed by atoms with E-state index in [0.29, 0.717) is 11.4 Å². The predicted octanol–water partition coefficient (Wildman–Crippen LogP) is 4.41. The molecule has 0 saturated carbocycles. The molecule has 0 amide bonds. The van der Waals surface area contributed by atoms with Gasteiger partial charge in [-0.05, 0) is 34.8 Å². The lowest BCUT2D eigenvalue weighted by Crippen LogP contribution is -2.31. The van der Waals surface area contributed by atoms with E-state index in [1.54, 1.807) is 6.07 Å². The second-order valence-electron chi connectivity index (χ2n) is 4.07. The number of rotatable bonds is 2. The van der Waals surface area contributed by atoms with Gasteiger partial charge in [-0.3, -0.25) is 0 Å². The molecule has 2 nitrogen and oxygen atoms in total. The van der Waals surface area contributed by atoms with Gasteiger partial charge in [-0.25, -0.2) is 8.42 Å². The first-order valence-electron chi connectivity index (χ1n) is 5.22. The van der Waals surface area contributed by atoms with Crippen LogP contribution in [0, 0.1) is 0 Å². The Kier molecular flexibility index (Phi) is 4.46. The highest BCUT2D eigenvalue weighted by molar-refractivity contribution is 9.11. The third kappa shape index (κ3) is 3.00. The molecule has 1 aromatic heterocycles. The van der Waals surface area contributed by atoms with E-state index in [2.05, 4.69) is 15.9 Å². The number of hydrogen-bond acceptors (Lipinski definition) is 3. The summed E-state index contributed by atoms with van der Waals surface area (Å²) in [5.74, 6) is 0.251. The van der Waals surface area contributed by atoms with Crippen LogP contribution < -0.4 is 0 Å². The second kappa shape index (κ2) is 5.37. The molecule has 2 rings (SSSR count). The van der Waals surface area contributed by atoms with Gasteiger partial charge in [0.05, 0.1) is 25.2 Å². The minimum Gasteiger partial charge on any atom is -0.228 e. The van der Waals surface area contributed by atoms with Gasteiger partial charge in [-0.1, -0.05) is 18.0 Å². The van der Waals surface area contributed by atoms with Crippen LogP contribution in [0.15, 0.2) is 9.85 Å². The van der Waals surface area contributed by atoms with Crippen molar-refractivity contribution in [1.29, 1.82) is 0 Å². The topological polar surface area (TPSA) is 34.1 Å². The van der Waals surface area contributed by atoms with E-state index < -0.39 is 20.5 Å². The molecule has 7 heteroatoms. The first-order chi connectivity index (χ1) is 7.92. The summed E-state index contributed by atoms with van der Waals surface area (Å²) in [7, 11) is -3.06. The molecule has 0 radical (unpaired) electrons. The van der Waals surface area contributed by atoms with Crippen molar-refractivity contribution in [2.24, 2.45) is 0 Å². The van der Waals surface area contributed by atoms with Crippen molar-refractivity contribution >= 4 is 60.3 Å². The number of sulfone groups is 1. The number of alkyl halides is 1. The van der Waals surface area contributed by atoms with Crippen molar-refractivity contribution in [2.45, 2.75) is 29.9 Å². The summed E-state index contributed by atoms with van der Waals surface area (Å²) in [6.07, 6.45) is 2.31. The zero-order chi connectivity index (χ0) is 12.6. The minimum atomic E-state index is -3.06. The molecule has 17 heavy (non-hydrogen) atoms. The largest absolute Gasteiger partial charge is 0.228 e. The second-order valence-corrected chi connectivity index (χ2v) is 9.69. The lowest BCUT2D eigenvalue weighted by atomic mass is 10.1. The van der Waals surface area contributed by atoms with Crippen molar-refractivity contribution in [1.82, 2.24) is 0 Å². The highest BCUT2D eigenvalue weighted by atomic mass is 79.9. The molecule has 1 saturated heterocycles. The monoisotopic (exact) mass is 376 g/mol. The molecule has 2 unspecified atom stereocenters. The molecule has 0 aromatic carbocycles. The van der Waals surface area contributed by atoms with Crippen LogP contribution in [0.3, 0.4) is 0 Å². The maximum atomic E-state index is 12.0. The molecule has 1 aromatic rings. The van der Waals surface area contributed by atoms with Crippen molar-refractivity contribution in [2.75, 3.05) is 5.75 Å². The summed E-state index contributed by atoms with van der Waals surface area (Å²) in [5.41, 5.74) is 0. The molecule has 1 aliphatic heterocycles. The van der Waals surface area contributed by atoms with Crippen LogP contribution in [0.5, 0.6) is 0 Å². The van der Waals surface area contributed by atoms with E-state index >= 15 is 0 Å². The van der Waals surface area contributed by atoms with Crippen LogP contribution in [0.25, 0.3) is 0 Å². The molecule has 96 valence electrons. The Morgan fingerprint density at radius 3 is 2.71 bits per heavy atom. The molecule has 0 N–H and O–H groups in total. The predicted molar refractivity (Wildman–Crippen MR) is 77.0 cm³/mol. The standard InChI is InChI=1S/C10H11BrCl2O2S2/c11-10-6(12)5-7(16-10)9(13)8-3-1-2-4-17(8,14)15/h5,8-9H,1-4H2. The fourth-order valence-corrected chi connectivity index (χ4v) is 6.61. The van der Waals surface area contributed by atoms with Crippen LogP contribution in [0.1, 0.15) is 29.5 Å². The van der Waals surface area contributed by atoms with E-state index in [9.17, 15) is 8.42 Å². The number of hydrogen-bond donors (Lipinski definition) is 0. The van der Waals surface area contributed by atoms with Gasteiger partial charge in [0, 0.05) is 4.88 Å². The lowest BCUT2D eigenvalue weighted by Gasteiger charge is -2.25. The quantitative estimate of drug-likeness (QED) is 0.715. The van der Waals surface area contributed by atoms with E-state index in [0.717, 1.165) is 21.5 Å². The minimum absolute atomic E-state index is 0.251. The molecule has 1 aliphatic rings. The Bertz CT molecular complexity index is 493. The number of halogens is 3. The summed E-state index contributed by atoms with van der Waals surface area (Å²) in [6.45, 7) is 0. The summed E-state index contributed by atoms with van der Waals surface area (Å²) < 4.78 is 24.7. The van der Waals surface area contributed by atoms with E-state index in [-0.39, 0.29) is 5.75 Å². The molecule has 2 atom stereocenters. The van der Waals surface area contributed by atoms with Crippen LogP contribution in [-0.2, 0) is 9.84 Å². The highest BCUT2D eigenvalue weighted by Gasteiger charge is 2.36. The summed E-state index contributed by atoms with van der Waals surface area (Å²) in [6, 6.07) is 1.75. The van der Waals surface area contributed by atoms with Gasteiger partial charge >= 0.3 is 0 Å². The molecule has 0 aliphatic carbocycles. The normalized spacial score (nSPS) is 25.7. The van der Waals surface area contributed by atoms with Gasteiger partial charge in [0.1, 0.15) is 0 Å². The van der Waals surface area contributed by atoms with Gasteiger partial charge in [0.15, 0.2) is 9.84 Å². The average molecular weight is 378 g/mol. The summed E-state index contributed by atoms with van der Waals surface area (Å²) >= 11 is 17.0. The molecule has 0 spiro atoms. The fourth-order valence-electron chi connectivity index (χ4n) is 1.99. The van der Waals surface area contributed by atoms with Gasteiger partial charge in [-0.15, -0.1) is 22.9 Å². The Hall–Kier alpha value is 0.710. The third-order valence-electron chi connectivity index (χ3n) is 2.89. The Morgan fingerprint density at radius 2 is 2.18 bits per heavy atom. The van der Waals surface area contributed by atoms with Crippen molar-refractivity contribution in [3.05, 3.63) is 19.8 Å². The molecular formula is C10H11BrCl2O2S2. The van der Waals surface area contributed by atoms with E-state index in [4.69, 9.17) is 23.2 Å². The number of thiophene rings is 1. The van der Waals surface area contributed by atoms with Crippen molar-refractivity contribution < 1.29 is 8.42 Å². The van der Waals surface area contributed by atoms with Crippen LogP contribution >= 0.6 is 50.5 Å². The Morgan fingerprint density at radius 1 is 1.47 bits per heavy atom. The Labute approximate surface area is 123 Å². The van der Waals surface area contributed by atoms with Gasteiger partial charge in [0.25, 0.3) is 0 Å². The first-order valence-corrected chi connectivity index (χ1v) is 9.36.